The molecule has 0 nitrogen and oxygen atoms in total. The van der Waals surface area contributed by atoms with Crippen molar-refractivity contribution in [2.24, 2.45) is 76.4 Å². The van der Waals surface area contributed by atoms with E-state index in [0.717, 1.165) is 0 Å². The molecule has 8 aliphatic carbocycles. The molecular weight excluding hydrogens is 524 g/mol. The Labute approximate surface area is 236 Å². The Kier molecular flexibility index (Phi) is 5.29. The first-order chi connectivity index (χ1) is 18.5. The van der Waals surface area contributed by atoms with E-state index in [-0.39, 0.29) is 5.41 Å². The van der Waals surface area contributed by atoms with Crippen molar-refractivity contribution < 1.29 is 0 Å². The molecule has 0 aliphatic heterocycles. The number of halogens is 1. The molecule has 0 aromatic carbocycles. The first kappa shape index (κ1) is 23.5. The highest BCUT2D eigenvalue weighted by atomic mass is 79.9. The van der Waals surface area contributed by atoms with E-state index in [1.165, 1.54) is 10.1 Å². The summed E-state index contributed by atoms with van der Waals surface area (Å²) >= 11 is 3.77. The predicted molar refractivity (Wildman–Crippen MR) is 162 cm³/mol. The smallest absolute Gasteiger partial charge is 0.0135 e. The van der Waals surface area contributed by atoms with Gasteiger partial charge in [-0.05, 0) is 81.7 Å². The lowest BCUT2D eigenvalue weighted by molar-refractivity contribution is 0.0466. The van der Waals surface area contributed by atoms with Crippen LogP contribution in [-0.4, -0.2) is 0 Å². The molecule has 2 fully saturated rings. The number of allylic oxidation sites excluding steroid dienone is 22. The largest absolute Gasteiger partial charge is 0.0805 e. The van der Waals surface area contributed by atoms with Gasteiger partial charge in [0.05, 0.1) is 0 Å². The summed E-state index contributed by atoms with van der Waals surface area (Å²) in [6.07, 6.45) is 46.7. The highest BCUT2D eigenvalue weighted by Crippen LogP contribution is 2.62. The lowest BCUT2D eigenvalue weighted by atomic mass is 9.48. The second-order valence-corrected chi connectivity index (χ2v) is 14.3. The molecule has 0 spiro atoms. The van der Waals surface area contributed by atoms with E-state index in [1.54, 1.807) is 5.57 Å². The minimum atomic E-state index is 0.230. The lowest BCUT2D eigenvalue weighted by Crippen LogP contribution is -2.50. The summed E-state index contributed by atoms with van der Waals surface area (Å²) in [6, 6.07) is 0. The fraction of sp³-hybridized carbons (Fsp3) is 0.405. The molecule has 0 aromatic heterocycles. The molecule has 38 heavy (non-hydrogen) atoms. The number of fused-ring (bicyclic) bond motifs is 11. The molecule has 8 rings (SSSR count). The molecule has 8 aliphatic rings. The fourth-order valence-corrected chi connectivity index (χ4v) is 10.3. The minimum Gasteiger partial charge on any atom is -0.0805 e. The van der Waals surface area contributed by atoms with Gasteiger partial charge in [0.2, 0.25) is 0 Å². The van der Waals surface area contributed by atoms with Crippen molar-refractivity contribution in [3.05, 3.63) is 131 Å². The van der Waals surface area contributed by atoms with Gasteiger partial charge in [-0.25, -0.2) is 0 Å². The van der Waals surface area contributed by atoms with Crippen molar-refractivity contribution in [3.63, 3.8) is 0 Å². The molecule has 0 amide bonds. The molecule has 0 bridgehead atoms. The molecule has 2 saturated carbocycles. The zero-order valence-electron chi connectivity index (χ0n) is 22.3. The van der Waals surface area contributed by atoms with Crippen molar-refractivity contribution in [3.8, 4) is 0 Å². The standard InChI is InChI=1S/C37H37Br/c1-37(2)34-19-22(15-17-28(34)29-18-16-23(38)20-35(29)37)32-21-33-26-11-4-3-9-24(26)25-10-5-7-13-30(25)36(33)31-14-8-6-12-27(31)32/h3-21,24-31,33-36H,1-2H3. The molecular formula is C37H37Br. The van der Waals surface area contributed by atoms with Crippen LogP contribution in [0.25, 0.3) is 0 Å². The van der Waals surface area contributed by atoms with Crippen LogP contribution < -0.4 is 0 Å². The summed E-state index contributed by atoms with van der Waals surface area (Å²) in [4.78, 5) is 0. The van der Waals surface area contributed by atoms with E-state index in [9.17, 15) is 0 Å². The Bertz CT molecular complexity index is 1380. The molecule has 0 radical (unpaired) electrons. The fourth-order valence-electron chi connectivity index (χ4n) is 9.91. The first-order valence-electron chi connectivity index (χ1n) is 14.7. The Morgan fingerprint density at radius 1 is 0.526 bits per heavy atom. The van der Waals surface area contributed by atoms with Crippen molar-refractivity contribution in [2.45, 2.75) is 13.8 Å². The van der Waals surface area contributed by atoms with Gasteiger partial charge in [-0.1, -0.05) is 145 Å². The molecule has 192 valence electrons. The van der Waals surface area contributed by atoms with Crippen LogP contribution in [0.4, 0.5) is 0 Å². The van der Waals surface area contributed by atoms with Gasteiger partial charge in [0.1, 0.15) is 0 Å². The minimum absolute atomic E-state index is 0.230. The van der Waals surface area contributed by atoms with Crippen LogP contribution in [0, 0.1) is 76.4 Å². The van der Waals surface area contributed by atoms with Gasteiger partial charge >= 0.3 is 0 Å². The van der Waals surface area contributed by atoms with Crippen molar-refractivity contribution in [2.75, 3.05) is 0 Å². The van der Waals surface area contributed by atoms with Crippen molar-refractivity contribution in [1.82, 2.24) is 0 Å². The van der Waals surface area contributed by atoms with Crippen LogP contribution in [0.1, 0.15) is 13.8 Å². The van der Waals surface area contributed by atoms with Crippen LogP contribution in [-0.2, 0) is 0 Å². The van der Waals surface area contributed by atoms with Crippen LogP contribution in [0.15, 0.2) is 131 Å². The van der Waals surface area contributed by atoms with Gasteiger partial charge in [0.25, 0.3) is 0 Å². The summed E-state index contributed by atoms with van der Waals surface area (Å²) in [6.45, 7) is 5.01. The molecule has 12 unspecified atom stereocenters. The van der Waals surface area contributed by atoms with Crippen molar-refractivity contribution in [1.29, 1.82) is 0 Å². The average molecular weight is 562 g/mol. The summed E-state index contributed by atoms with van der Waals surface area (Å²) in [5.41, 5.74) is 3.31. The Morgan fingerprint density at radius 3 is 1.82 bits per heavy atom. The van der Waals surface area contributed by atoms with E-state index in [2.05, 4.69) is 145 Å². The highest BCUT2D eigenvalue weighted by Gasteiger charge is 2.55. The number of hydrogen-bond acceptors (Lipinski definition) is 0. The van der Waals surface area contributed by atoms with Gasteiger partial charge in [-0.2, -0.15) is 0 Å². The topological polar surface area (TPSA) is 0 Å². The van der Waals surface area contributed by atoms with E-state index >= 15 is 0 Å². The zero-order chi connectivity index (χ0) is 25.6. The lowest BCUT2D eigenvalue weighted by Gasteiger charge is -2.55. The van der Waals surface area contributed by atoms with E-state index in [1.807, 2.05) is 0 Å². The Balaban J connectivity index is 1.23. The van der Waals surface area contributed by atoms with Crippen LogP contribution in [0.5, 0.6) is 0 Å². The maximum atomic E-state index is 3.77. The maximum absolute atomic E-state index is 3.77. The molecule has 1 heteroatoms. The third kappa shape index (κ3) is 3.27. The quantitative estimate of drug-likeness (QED) is 0.300. The summed E-state index contributed by atoms with van der Waals surface area (Å²) in [5, 5.41) is 0. The van der Waals surface area contributed by atoms with Crippen LogP contribution in [0.2, 0.25) is 0 Å². The number of rotatable bonds is 1. The Morgan fingerprint density at radius 2 is 1.08 bits per heavy atom. The third-order valence-electron chi connectivity index (χ3n) is 11.6. The summed E-state index contributed by atoms with van der Waals surface area (Å²) in [7, 11) is 0. The maximum Gasteiger partial charge on any atom is 0.0135 e. The van der Waals surface area contributed by atoms with E-state index in [4.69, 9.17) is 0 Å². The van der Waals surface area contributed by atoms with Gasteiger partial charge in [0, 0.05) is 10.4 Å². The van der Waals surface area contributed by atoms with E-state index < -0.39 is 0 Å². The summed E-state index contributed by atoms with van der Waals surface area (Å²) < 4.78 is 1.24. The van der Waals surface area contributed by atoms with Crippen molar-refractivity contribution >= 4 is 15.9 Å². The summed E-state index contributed by atoms with van der Waals surface area (Å²) in [5.74, 6) is 6.96. The van der Waals surface area contributed by atoms with Crippen LogP contribution >= 0.6 is 15.9 Å². The number of hydrogen-bond donors (Lipinski definition) is 0. The molecule has 12 atom stereocenters. The molecule has 0 N–H and O–H groups in total. The van der Waals surface area contributed by atoms with Gasteiger partial charge in [0.15, 0.2) is 0 Å². The monoisotopic (exact) mass is 560 g/mol. The van der Waals surface area contributed by atoms with Gasteiger partial charge < -0.3 is 0 Å². The van der Waals surface area contributed by atoms with Crippen LogP contribution in [0.3, 0.4) is 0 Å². The molecule has 0 saturated heterocycles. The average Bonchev–Trinajstić information content (AvgIpc) is 3.17. The first-order valence-corrected chi connectivity index (χ1v) is 15.5. The SMILES string of the molecule is CC1(C)C2C=C(Br)C=CC2C2C=CC(C3=CC4C5C=CC=CC5C5C=CC=CC5C4C4C=CC=CC34)=CC21. The zero-order valence-corrected chi connectivity index (χ0v) is 23.9. The van der Waals surface area contributed by atoms with Gasteiger partial charge in [-0.3, -0.25) is 0 Å². The highest BCUT2D eigenvalue weighted by molar-refractivity contribution is 9.11. The Hall–Kier alpha value is -2.38. The molecule has 0 aromatic rings. The second-order valence-electron chi connectivity index (χ2n) is 13.4. The molecule has 0 heterocycles. The third-order valence-corrected chi connectivity index (χ3v) is 12.1. The second kappa shape index (κ2) is 8.56. The predicted octanol–water partition coefficient (Wildman–Crippen LogP) is 9.10. The van der Waals surface area contributed by atoms with E-state index in [0.29, 0.717) is 71.0 Å². The normalized spacial score (nSPS) is 47.7. The van der Waals surface area contributed by atoms with Gasteiger partial charge in [-0.15, -0.1) is 0 Å².